The monoisotopic (exact) mass is 386 g/mol. The van der Waals surface area contributed by atoms with Gasteiger partial charge in [0.15, 0.2) is 0 Å². The van der Waals surface area contributed by atoms with Crippen molar-refractivity contribution in [2.24, 2.45) is 0 Å². The highest BCUT2D eigenvalue weighted by Gasteiger charge is 2.20. The Labute approximate surface area is 128 Å². The van der Waals surface area contributed by atoms with Crippen LogP contribution < -0.4 is 10.5 Å². The van der Waals surface area contributed by atoms with Gasteiger partial charge in [0.25, 0.3) is 0 Å². The van der Waals surface area contributed by atoms with Gasteiger partial charge in [-0.1, -0.05) is 6.92 Å². The van der Waals surface area contributed by atoms with E-state index in [9.17, 15) is 17.0 Å². The van der Waals surface area contributed by atoms with Crippen LogP contribution in [0.1, 0.15) is 13.3 Å². The minimum atomic E-state index is -3.79. The van der Waals surface area contributed by atoms with Crippen molar-refractivity contribution in [2.45, 2.75) is 23.5 Å². The van der Waals surface area contributed by atoms with E-state index in [1.165, 1.54) is 0 Å². The van der Waals surface area contributed by atoms with E-state index in [4.69, 9.17) is 5.73 Å². The molecule has 9 heteroatoms. The van der Waals surface area contributed by atoms with Gasteiger partial charge < -0.3 is 5.73 Å². The zero-order valence-corrected chi connectivity index (χ0v) is 14.2. The van der Waals surface area contributed by atoms with Crippen LogP contribution in [0.5, 0.6) is 0 Å². The molecule has 1 aromatic carbocycles. The van der Waals surface area contributed by atoms with E-state index in [-0.39, 0.29) is 26.9 Å². The van der Waals surface area contributed by atoms with E-state index in [1.807, 2.05) is 0 Å². The quantitative estimate of drug-likeness (QED) is 0.726. The first-order chi connectivity index (χ1) is 9.15. The van der Waals surface area contributed by atoms with Gasteiger partial charge in [0.1, 0.15) is 5.82 Å². The molecule has 20 heavy (non-hydrogen) atoms. The summed E-state index contributed by atoms with van der Waals surface area (Å²) in [6, 6.07) is 2.07. The normalized spacial score (nSPS) is 15.0. The van der Waals surface area contributed by atoms with Gasteiger partial charge in [-0.15, -0.1) is 0 Å². The molecule has 0 aliphatic heterocycles. The summed E-state index contributed by atoms with van der Waals surface area (Å²) in [6.07, 6.45) is 2.01. The Morgan fingerprint density at radius 1 is 1.50 bits per heavy atom. The molecule has 0 aliphatic rings. The Kier molecular flexibility index (Phi) is 6.11. The van der Waals surface area contributed by atoms with Crippen LogP contribution in [0.4, 0.5) is 10.1 Å². The standard InChI is InChI=1S/C11H16BrFN2O3S2/c1-7(19(2)16)3-4-15-20(17,18)11-6-10(14)9(13)5-8(11)12/h5-7,15H,3-4,14H2,1-2H3. The minimum Gasteiger partial charge on any atom is -0.396 e. The molecule has 2 atom stereocenters. The summed E-state index contributed by atoms with van der Waals surface area (Å²) < 4.78 is 51.0. The number of nitrogens with one attached hydrogen (secondary N) is 1. The number of nitrogens with two attached hydrogens (primary N) is 1. The van der Waals surface area contributed by atoms with E-state index in [0.29, 0.717) is 6.42 Å². The van der Waals surface area contributed by atoms with Crippen LogP contribution in [-0.4, -0.2) is 30.7 Å². The average Bonchev–Trinajstić information content (AvgIpc) is 2.33. The maximum atomic E-state index is 13.2. The van der Waals surface area contributed by atoms with Gasteiger partial charge >= 0.3 is 0 Å². The molecule has 0 amide bonds. The lowest BCUT2D eigenvalue weighted by Gasteiger charge is -2.11. The van der Waals surface area contributed by atoms with Crippen LogP contribution in [0.3, 0.4) is 0 Å². The molecule has 0 fully saturated rings. The van der Waals surface area contributed by atoms with Gasteiger partial charge in [-0.25, -0.2) is 17.5 Å². The predicted molar refractivity (Wildman–Crippen MR) is 81.8 cm³/mol. The molecule has 2 unspecified atom stereocenters. The number of rotatable bonds is 6. The molecule has 0 spiro atoms. The lowest BCUT2D eigenvalue weighted by atomic mass is 10.3. The van der Waals surface area contributed by atoms with Crippen molar-refractivity contribution < 1.29 is 17.0 Å². The Balaban J connectivity index is 2.85. The number of anilines is 1. The molecule has 0 bridgehead atoms. The zero-order chi connectivity index (χ0) is 15.5. The third kappa shape index (κ3) is 4.51. The average molecular weight is 387 g/mol. The van der Waals surface area contributed by atoms with Crippen molar-refractivity contribution in [3.05, 3.63) is 22.4 Å². The molecule has 0 saturated carbocycles. The zero-order valence-electron chi connectivity index (χ0n) is 11.0. The Morgan fingerprint density at radius 3 is 2.65 bits per heavy atom. The van der Waals surface area contributed by atoms with Gasteiger partial charge in [0.2, 0.25) is 10.0 Å². The second-order valence-electron chi connectivity index (χ2n) is 4.30. The molecule has 0 radical (unpaired) electrons. The van der Waals surface area contributed by atoms with Gasteiger partial charge in [0.05, 0.1) is 10.6 Å². The van der Waals surface area contributed by atoms with Gasteiger partial charge in [-0.3, -0.25) is 4.21 Å². The lowest BCUT2D eigenvalue weighted by molar-refractivity contribution is 0.576. The summed E-state index contributed by atoms with van der Waals surface area (Å²) in [7, 11) is -4.80. The summed E-state index contributed by atoms with van der Waals surface area (Å²) in [4.78, 5) is -0.123. The highest BCUT2D eigenvalue weighted by atomic mass is 79.9. The first kappa shape index (κ1) is 17.5. The van der Waals surface area contributed by atoms with E-state index in [0.717, 1.165) is 12.1 Å². The highest BCUT2D eigenvalue weighted by Crippen LogP contribution is 2.26. The highest BCUT2D eigenvalue weighted by molar-refractivity contribution is 9.10. The topological polar surface area (TPSA) is 89.3 Å². The van der Waals surface area contributed by atoms with Crippen molar-refractivity contribution in [1.29, 1.82) is 0 Å². The molecule has 0 aliphatic carbocycles. The molecule has 0 heterocycles. The lowest BCUT2D eigenvalue weighted by Crippen LogP contribution is -2.28. The molecule has 114 valence electrons. The molecule has 0 aromatic heterocycles. The van der Waals surface area contributed by atoms with Crippen LogP contribution in [-0.2, 0) is 20.8 Å². The summed E-state index contributed by atoms with van der Waals surface area (Å²) in [5, 5.41) is -0.112. The molecular formula is C11H16BrFN2O3S2. The molecule has 0 saturated heterocycles. The van der Waals surface area contributed by atoms with Gasteiger partial charge in [-0.2, -0.15) is 0 Å². The second-order valence-corrected chi connectivity index (χ2v) is 8.69. The van der Waals surface area contributed by atoms with Crippen molar-refractivity contribution in [3.8, 4) is 0 Å². The minimum absolute atomic E-state index is 0.101. The number of hydrogen-bond donors (Lipinski definition) is 2. The summed E-state index contributed by atoms with van der Waals surface area (Å²) in [5.74, 6) is -0.689. The van der Waals surface area contributed by atoms with E-state index >= 15 is 0 Å². The van der Waals surface area contributed by atoms with Crippen LogP contribution >= 0.6 is 15.9 Å². The molecule has 3 N–H and O–H groups in total. The second kappa shape index (κ2) is 6.97. The number of hydrogen-bond acceptors (Lipinski definition) is 4. The van der Waals surface area contributed by atoms with Gasteiger partial charge in [-0.05, 0) is 34.5 Å². The molecule has 5 nitrogen and oxygen atoms in total. The molecule has 1 aromatic rings. The van der Waals surface area contributed by atoms with Crippen LogP contribution in [0, 0.1) is 5.82 Å². The number of nitrogen functional groups attached to an aromatic ring is 1. The summed E-state index contributed by atoms with van der Waals surface area (Å²) in [5.41, 5.74) is 5.14. The Morgan fingerprint density at radius 2 is 2.10 bits per heavy atom. The Bertz CT molecular complexity index is 622. The maximum absolute atomic E-state index is 13.2. The van der Waals surface area contributed by atoms with E-state index in [2.05, 4.69) is 20.7 Å². The summed E-state index contributed by atoms with van der Waals surface area (Å²) in [6.45, 7) is 1.92. The molecular weight excluding hydrogens is 371 g/mol. The van der Waals surface area contributed by atoms with E-state index in [1.54, 1.807) is 13.2 Å². The van der Waals surface area contributed by atoms with Crippen molar-refractivity contribution in [2.75, 3.05) is 18.5 Å². The number of benzene rings is 1. The Hall–Kier alpha value is -0.510. The summed E-state index contributed by atoms with van der Waals surface area (Å²) >= 11 is 3.00. The number of sulfonamides is 1. The maximum Gasteiger partial charge on any atom is 0.241 e. The van der Waals surface area contributed by atoms with Crippen LogP contribution in [0.25, 0.3) is 0 Å². The first-order valence-corrected chi connectivity index (χ1v) is 9.61. The third-order valence-corrected chi connectivity index (χ3v) is 6.54. The fourth-order valence-electron chi connectivity index (χ4n) is 1.39. The van der Waals surface area contributed by atoms with E-state index < -0.39 is 26.6 Å². The SMILES string of the molecule is CC(CCNS(=O)(=O)c1cc(N)c(F)cc1Br)S(C)=O. The van der Waals surface area contributed by atoms with Crippen molar-refractivity contribution in [1.82, 2.24) is 4.72 Å². The van der Waals surface area contributed by atoms with Crippen LogP contribution in [0.2, 0.25) is 0 Å². The fraction of sp³-hybridized carbons (Fsp3) is 0.455. The largest absolute Gasteiger partial charge is 0.396 e. The van der Waals surface area contributed by atoms with Gasteiger partial charge in [0, 0.05) is 33.3 Å². The number of halogens is 2. The predicted octanol–water partition coefficient (Wildman–Crippen LogP) is 1.61. The smallest absolute Gasteiger partial charge is 0.241 e. The van der Waals surface area contributed by atoms with Crippen molar-refractivity contribution >= 4 is 42.4 Å². The first-order valence-electron chi connectivity index (χ1n) is 5.71. The third-order valence-electron chi connectivity index (χ3n) is 2.75. The van der Waals surface area contributed by atoms with Crippen LogP contribution in [0.15, 0.2) is 21.5 Å². The molecule has 1 rings (SSSR count). The fourth-order valence-corrected chi connectivity index (χ4v) is 3.94. The van der Waals surface area contributed by atoms with Crippen molar-refractivity contribution in [3.63, 3.8) is 0 Å².